The number of aliphatic imine (C=N–C) groups is 2. The van der Waals surface area contributed by atoms with Crippen LogP contribution in [0.15, 0.2) is 105 Å². The molecule has 0 bridgehead atoms. The molecule has 4 nitrogen and oxygen atoms in total. The van der Waals surface area contributed by atoms with Gasteiger partial charge in [-0.2, -0.15) is 0 Å². The summed E-state index contributed by atoms with van der Waals surface area (Å²) in [7, 11) is 0. The van der Waals surface area contributed by atoms with Crippen LogP contribution in [0, 0.1) is 0 Å². The van der Waals surface area contributed by atoms with Crippen LogP contribution in [-0.2, 0) is 0 Å². The molecular formula is C44H52N4S2. The summed E-state index contributed by atoms with van der Waals surface area (Å²) in [6.07, 6.45) is 23.9. The zero-order valence-electron chi connectivity index (χ0n) is 29.8. The quantitative estimate of drug-likeness (QED) is 0.0956. The number of anilines is 1. The molecule has 50 heavy (non-hydrogen) atoms. The number of hydrogen-bond acceptors (Lipinski definition) is 6. The first kappa shape index (κ1) is 36.2. The minimum Gasteiger partial charge on any atom is -0.385 e. The molecule has 0 saturated heterocycles. The normalized spacial score (nSPS) is 14.4. The van der Waals surface area contributed by atoms with Crippen molar-refractivity contribution in [3.05, 3.63) is 102 Å². The highest BCUT2D eigenvalue weighted by atomic mass is 32.2. The molecule has 6 heteroatoms. The summed E-state index contributed by atoms with van der Waals surface area (Å²) in [5.41, 5.74) is 13.3. The number of thioether (sulfide) groups is 2. The largest absolute Gasteiger partial charge is 0.385 e. The summed E-state index contributed by atoms with van der Waals surface area (Å²) in [6.45, 7) is 5.56. The summed E-state index contributed by atoms with van der Waals surface area (Å²) < 4.78 is 0. The molecule has 0 amide bonds. The van der Waals surface area contributed by atoms with Gasteiger partial charge >= 0.3 is 0 Å². The number of nitrogens with one attached hydrogen (secondary N) is 1. The lowest BCUT2D eigenvalue weighted by Crippen LogP contribution is -2.09. The highest BCUT2D eigenvalue weighted by Crippen LogP contribution is 2.49. The zero-order valence-corrected chi connectivity index (χ0v) is 31.4. The maximum absolute atomic E-state index is 6.49. The van der Waals surface area contributed by atoms with Crippen molar-refractivity contribution < 1.29 is 0 Å². The summed E-state index contributed by atoms with van der Waals surface area (Å²) in [6, 6.07) is 26.2. The molecule has 1 atom stereocenters. The van der Waals surface area contributed by atoms with Crippen LogP contribution < -0.4 is 11.1 Å². The number of hydrogen-bond donors (Lipinski definition) is 2. The minimum atomic E-state index is 0.112. The highest BCUT2D eigenvalue weighted by Gasteiger charge is 2.22. The van der Waals surface area contributed by atoms with Crippen LogP contribution >= 0.6 is 23.5 Å². The van der Waals surface area contributed by atoms with Gasteiger partial charge in [0.1, 0.15) is 10.1 Å². The van der Waals surface area contributed by atoms with Crippen molar-refractivity contribution in [1.82, 2.24) is 0 Å². The van der Waals surface area contributed by atoms with Crippen LogP contribution in [0.4, 0.5) is 17.1 Å². The molecule has 3 N–H and O–H groups in total. The fourth-order valence-corrected chi connectivity index (χ4v) is 8.48. The molecule has 2 aliphatic heterocycles. The second kappa shape index (κ2) is 18.6. The monoisotopic (exact) mass is 700 g/mol. The van der Waals surface area contributed by atoms with E-state index >= 15 is 0 Å². The van der Waals surface area contributed by atoms with E-state index in [0.29, 0.717) is 0 Å². The molecule has 0 aliphatic carbocycles. The predicted molar refractivity (Wildman–Crippen MR) is 223 cm³/mol. The third kappa shape index (κ3) is 9.80. The fourth-order valence-electron chi connectivity index (χ4n) is 6.58. The van der Waals surface area contributed by atoms with E-state index in [1.807, 2.05) is 0 Å². The number of benzene rings is 4. The Kier molecular flexibility index (Phi) is 13.5. The van der Waals surface area contributed by atoms with E-state index in [0.717, 1.165) is 40.0 Å². The van der Waals surface area contributed by atoms with Gasteiger partial charge in [0, 0.05) is 38.8 Å². The summed E-state index contributed by atoms with van der Waals surface area (Å²) in [5.74, 6) is 0. The van der Waals surface area contributed by atoms with E-state index < -0.39 is 0 Å². The van der Waals surface area contributed by atoms with Gasteiger partial charge in [-0.05, 0) is 78.1 Å². The Bertz CT molecular complexity index is 1840. The Morgan fingerprint density at radius 1 is 0.580 bits per heavy atom. The molecular weight excluding hydrogens is 649 g/mol. The smallest absolute Gasteiger partial charge is 0.101 e. The van der Waals surface area contributed by atoms with Gasteiger partial charge in [0.15, 0.2) is 0 Å². The van der Waals surface area contributed by atoms with E-state index in [1.165, 1.54) is 108 Å². The summed E-state index contributed by atoms with van der Waals surface area (Å²) in [5, 5.41) is 7.98. The lowest BCUT2D eigenvalue weighted by atomic mass is 9.99. The predicted octanol–water partition coefficient (Wildman–Crippen LogP) is 13.7. The van der Waals surface area contributed by atoms with Crippen LogP contribution in [0.2, 0.25) is 0 Å². The van der Waals surface area contributed by atoms with E-state index in [4.69, 9.17) is 15.7 Å². The third-order valence-corrected chi connectivity index (χ3v) is 11.5. The molecule has 2 aliphatic rings. The Balaban J connectivity index is 1.06. The molecule has 0 saturated carbocycles. The summed E-state index contributed by atoms with van der Waals surface area (Å²) in [4.78, 5) is 12.6. The van der Waals surface area contributed by atoms with Gasteiger partial charge in [0.25, 0.3) is 0 Å². The number of rotatable bonds is 19. The molecule has 2 heterocycles. The highest BCUT2D eigenvalue weighted by molar-refractivity contribution is 8.15. The first-order valence-corrected chi connectivity index (χ1v) is 20.4. The molecule has 0 spiro atoms. The fraction of sp³-hybridized carbons (Fsp3) is 0.364. The standard InChI is InChI=1S/C44H52N4S2/c1-3-5-7-9-11-13-31-46-35-23-17-33(18-24-35)20-30-42-48-38-26-27-39-43-37(25-28-40(50-42)44(38)43)47-41(49-39)29-19-32-15-21-34(22-16-32)36(45)14-12-10-8-6-4-2/h15-30,36,46H,3-14,31,45H2,1-2H3/b29-19+,30-20+. The molecule has 0 radical (unpaired) electrons. The molecule has 1 unspecified atom stereocenters. The molecule has 4 aromatic rings. The van der Waals surface area contributed by atoms with Gasteiger partial charge in [-0.15, -0.1) is 0 Å². The van der Waals surface area contributed by atoms with Crippen LogP contribution in [0.3, 0.4) is 0 Å². The van der Waals surface area contributed by atoms with E-state index in [1.54, 1.807) is 23.5 Å². The third-order valence-electron chi connectivity index (χ3n) is 9.52. The molecule has 4 aromatic carbocycles. The number of nitrogens with two attached hydrogens (primary N) is 1. The number of unbranched alkanes of at least 4 members (excludes halogenated alkanes) is 9. The van der Waals surface area contributed by atoms with Crippen molar-refractivity contribution in [3.63, 3.8) is 0 Å². The molecule has 260 valence electrons. The van der Waals surface area contributed by atoms with Crippen molar-refractivity contribution in [1.29, 1.82) is 0 Å². The Labute approximate surface area is 308 Å². The Hall–Kier alpha value is -3.58. The van der Waals surface area contributed by atoms with Crippen molar-refractivity contribution in [2.75, 3.05) is 11.9 Å². The average molecular weight is 701 g/mol. The topological polar surface area (TPSA) is 62.8 Å². The summed E-state index contributed by atoms with van der Waals surface area (Å²) >= 11 is 3.46. The van der Waals surface area contributed by atoms with Crippen molar-refractivity contribution in [2.24, 2.45) is 15.7 Å². The Morgan fingerprint density at radius 2 is 1.08 bits per heavy atom. The Morgan fingerprint density at radius 3 is 1.64 bits per heavy atom. The van der Waals surface area contributed by atoms with Gasteiger partial charge in [0.2, 0.25) is 0 Å². The van der Waals surface area contributed by atoms with Crippen molar-refractivity contribution >= 4 is 73.6 Å². The lowest BCUT2D eigenvalue weighted by molar-refractivity contribution is 0.555. The first-order valence-electron chi connectivity index (χ1n) is 18.8. The number of nitrogens with zero attached hydrogens (tertiary/aromatic N) is 2. The van der Waals surface area contributed by atoms with Crippen LogP contribution in [-0.4, -0.2) is 16.6 Å². The molecule has 6 rings (SSSR count). The average Bonchev–Trinajstić information content (AvgIpc) is 3.15. The van der Waals surface area contributed by atoms with Gasteiger partial charge in [-0.3, -0.25) is 0 Å². The van der Waals surface area contributed by atoms with E-state index in [2.05, 4.69) is 116 Å². The SMILES string of the molecule is CCCCCCCCNc1ccc(/C=C/C2=Nc3ccc4c5c(ccc(c35)S2)N=C(/C=C/c2ccc(C(N)CCCCCCC)cc2)S4)cc1. The van der Waals surface area contributed by atoms with Crippen molar-refractivity contribution in [2.45, 2.75) is 107 Å². The van der Waals surface area contributed by atoms with Crippen LogP contribution in [0.5, 0.6) is 0 Å². The zero-order chi connectivity index (χ0) is 34.5. The first-order chi connectivity index (χ1) is 24.6. The van der Waals surface area contributed by atoms with Gasteiger partial charge in [0.05, 0.1) is 11.4 Å². The van der Waals surface area contributed by atoms with Crippen molar-refractivity contribution in [3.8, 4) is 0 Å². The molecule has 0 fully saturated rings. The second-order valence-electron chi connectivity index (χ2n) is 13.5. The second-order valence-corrected chi connectivity index (χ2v) is 15.6. The van der Waals surface area contributed by atoms with E-state index in [9.17, 15) is 0 Å². The maximum Gasteiger partial charge on any atom is 0.101 e. The maximum atomic E-state index is 6.49. The van der Waals surface area contributed by atoms with Crippen LogP contribution in [0.25, 0.3) is 22.9 Å². The minimum absolute atomic E-state index is 0.112. The lowest BCUT2D eigenvalue weighted by Gasteiger charge is -2.21. The van der Waals surface area contributed by atoms with Gasteiger partial charge in [-0.25, -0.2) is 9.98 Å². The van der Waals surface area contributed by atoms with Crippen LogP contribution in [0.1, 0.15) is 114 Å². The van der Waals surface area contributed by atoms with Gasteiger partial charge < -0.3 is 11.1 Å². The van der Waals surface area contributed by atoms with E-state index in [-0.39, 0.29) is 6.04 Å². The van der Waals surface area contributed by atoms with Gasteiger partial charge in [-0.1, -0.05) is 150 Å². The molecule has 0 aromatic heterocycles.